The lowest BCUT2D eigenvalue weighted by Gasteiger charge is -2.37. The summed E-state index contributed by atoms with van der Waals surface area (Å²) in [5.41, 5.74) is 6.43. The van der Waals surface area contributed by atoms with Gasteiger partial charge in [0.15, 0.2) is 23.0 Å². The monoisotopic (exact) mass is 929 g/mol. The molecule has 2 aliphatic heterocycles. The first kappa shape index (κ1) is 49.8. The molecule has 2 aromatic heterocycles. The number of halogens is 2. The Labute approximate surface area is 399 Å². The van der Waals surface area contributed by atoms with Gasteiger partial charge in [0.25, 0.3) is 0 Å². The molecule has 8 rings (SSSR count). The SMILES string of the molecule is COc1ccc(CCCc2nccc(-c3cc(CN4C[C@@H](C)NC[C@@H]4C)ccc3F)n2)cc1O.COc1ccc(CCCc2nccc(-c3cc(CN4C[C@@H](C)NC[C@H]4C)ccc3F)n2)cc1O. The van der Waals surface area contributed by atoms with E-state index < -0.39 is 0 Å². The van der Waals surface area contributed by atoms with Crippen molar-refractivity contribution in [2.75, 3.05) is 40.4 Å². The van der Waals surface area contributed by atoms with Gasteiger partial charge in [-0.15, -0.1) is 0 Å². The normalized spacial score (nSPS) is 18.7. The van der Waals surface area contributed by atoms with Crippen LogP contribution in [-0.2, 0) is 38.8 Å². The Kier molecular flexibility index (Phi) is 17.4. The van der Waals surface area contributed by atoms with Crippen LogP contribution in [0.25, 0.3) is 22.5 Å². The highest BCUT2D eigenvalue weighted by Crippen LogP contribution is 2.30. The van der Waals surface area contributed by atoms with Gasteiger partial charge in [-0.2, -0.15) is 0 Å². The number of aryl methyl sites for hydroxylation is 4. The number of methoxy groups -OCH3 is 2. The van der Waals surface area contributed by atoms with E-state index in [1.807, 2.05) is 36.4 Å². The molecule has 0 saturated carbocycles. The maximum absolute atomic E-state index is 14.8. The number of nitrogens with one attached hydrogen (secondary N) is 2. The van der Waals surface area contributed by atoms with Gasteiger partial charge in [0.2, 0.25) is 0 Å². The van der Waals surface area contributed by atoms with Crippen LogP contribution in [0.15, 0.2) is 97.3 Å². The van der Waals surface area contributed by atoms with Crippen LogP contribution in [0.1, 0.15) is 74.4 Å². The minimum atomic E-state index is -0.274. The van der Waals surface area contributed by atoms with E-state index in [9.17, 15) is 19.0 Å². The van der Waals surface area contributed by atoms with Crippen molar-refractivity contribution in [1.29, 1.82) is 0 Å². The molecule has 68 heavy (non-hydrogen) atoms. The minimum Gasteiger partial charge on any atom is -0.504 e. The predicted molar refractivity (Wildman–Crippen MR) is 263 cm³/mol. The summed E-state index contributed by atoms with van der Waals surface area (Å²) in [5, 5.41) is 26.9. The summed E-state index contributed by atoms with van der Waals surface area (Å²) >= 11 is 0. The average Bonchev–Trinajstić information content (AvgIpc) is 3.33. The van der Waals surface area contributed by atoms with Crippen molar-refractivity contribution in [2.45, 2.75) is 103 Å². The molecule has 4 heterocycles. The smallest absolute Gasteiger partial charge is 0.160 e. The number of aromatic nitrogens is 4. The first-order chi connectivity index (χ1) is 32.8. The first-order valence-corrected chi connectivity index (χ1v) is 23.7. The molecule has 2 aliphatic rings. The Balaban J connectivity index is 0.000000201. The van der Waals surface area contributed by atoms with E-state index in [4.69, 9.17) is 9.47 Å². The predicted octanol–water partition coefficient (Wildman–Crippen LogP) is 8.71. The summed E-state index contributed by atoms with van der Waals surface area (Å²) in [5.74, 6) is 2.02. The molecule has 4 N–H and O–H groups in total. The summed E-state index contributed by atoms with van der Waals surface area (Å²) in [7, 11) is 3.06. The van der Waals surface area contributed by atoms with Crippen molar-refractivity contribution in [3.8, 4) is 45.5 Å². The van der Waals surface area contributed by atoms with Crippen molar-refractivity contribution in [1.82, 2.24) is 40.4 Å². The number of hydrogen-bond donors (Lipinski definition) is 4. The lowest BCUT2D eigenvalue weighted by molar-refractivity contribution is 0.139. The molecule has 0 radical (unpaired) electrons. The van der Waals surface area contributed by atoms with E-state index in [1.165, 1.54) is 14.2 Å². The van der Waals surface area contributed by atoms with E-state index in [0.29, 0.717) is 82.7 Å². The molecule has 0 spiro atoms. The van der Waals surface area contributed by atoms with Gasteiger partial charge in [0.05, 0.1) is 25.6 Å². The molecule has 0 aliphatic carbocycles. The fourth-order valence-corrected chi connectivity index (χ4v) is 8.86. The van der Waals surface area contributed by atoms with E-state index in [0.717, 1.165) is 87.2 Å². The van der Waals surface area contributed by atoms with Gasteiger partial charge in [0, 0.05) is 99.8 Å². The summed E-state index contributed by atoms with van der Waals surface area (Å²) in [4.78, 5) is 22.9. The molecule has 14 heteroatoms. The second-order valence-corrected chi connectivity index (χ2v) is 18.2. The highest BCUT2D eigenvalue weighted by molar-refractivity contribution is 5.61. The number of rotatable bonds is 16. The number of ether oxygens (including phenoxy) is 2. The van der Waals surface area contributed by atoms with Crippen LogP contribution < -0.4 is 20.1 Å². The topological polar surface area (TPSA) is 141 Å². The Morgan fingerprint density at radius 2 is 0.971 bits per heavy atom. The highest BCUT2D eigenvalue weighted by Gasteiger charge is 2.24. The Hall–Kier alpha value is -6.06. The van der Waals surface area contributed by atoms with Crippen LogP contribution in [0.5, 0.6) is 23.0 Å². The largest absolute Gasteiger partial charge is 0.504 e. The fraction of sp³-hybridized carbons (Fsp3) is 0.407. The van der Waals surface area contributed by atoms with Gasteiger partial charge in [0.1, 0.15) is 23.3 Å². The Morgan fingerprint density at radius 1 is 0.559 bits per heavy atom. The van der Waals surface area contributed by atoms with Crippen LogP contribution in [0, 0.1) is 11.6 Å². The second-order valence-electron chi connectivity index (χ2n) is 18.2. The number of hydrogen-bond acceptors (Lipinski definition) is 12. The van der Waals surface area contributed by atoms with Crippen molar-refractivity contribution >= 4 is 0 Å². The van der Waals surface area contributed by atoms with E-state index in [1.54, 1.807) is 60.9 Å². The van der Waals surface area contributed by atoms with E-state index in [-0.39, 0.29) is 23.1 Å². The van der Waals surface area contributed by atoms with Gasteiger partial charge < -0.3 is 30.3 Å². The van der Waals surface area contributed by atoms with Crippen LogP contribution in [0.2, 0.25) is 0 Å². The first-order valence-electron chi connectivity index (χ1n) is 23.7. The number of nitrogens with zero attached hydrogens (tertiary/aromatic N) is 6. The maximum Gasteiger partial charge on any atom is 0.160 e. The Bertz CT molecular complexity index is 2420. The number of aromatic hydroxyl groups is 2. The minimum absolute atomic E-state index is 0.137. The van der Waals surface area contributed by atoms with Crippen molar-refractivity contribution < 1.29 is 28.5 Å². The molecule has 0 bridgehead atoms. The number of benzene rings is 4. The van der Waals surface area contributed by atoms with Crippen LogP contribution in [0.3, 0.4) is 0 Å². The molecule has 0 unspecified atom stereocenters. The van der Waals surface area contributed by atoms with Gasteiger partial charge in [-0.3, -0.25) is 9.80 Å². The summed E-state index contributed by atoms with van der Waals surface area (Å²) in [6.07, 6.45) is 7.91. The number of piperazine rings is 2. The molecule has 0 amide bonds. The maximum atomic E-state index is 14.8. The van der Waals surface area contributed by atoms with Gasteiger partial charge in [-0.1, -0.05) is 24.3 Å². The molecule has 2 fully saturated rings. The van der Waals surface area contributed by atoms with Crippen molar-refractivity contribution in [3.05, 3.63) is 143 Å². The highest BCUT2D eigenvalue weighted by atomic mass is 19.1. The number of phenols is 2. The van der Waals surface area contributed by atoms with Crippen molar-refractivity contribution in [2.24, 2.45) is 0 Å². The zero-order valence-corrected chi connectivity index (χ0v) is 40.2. The third-order valence-electron chi connectivity index (χ3n) is 12.8. The number of phenolic OH excluding ortho intramolecular Hbond substituents is 2. The average molecular weight is 929 g/mol. The third kappa shape index (κ3) is 13.6. The quantitative estimate of drug-likeness (QED) is 0.0738. The zero-order valence-electron chi connectivity index (χ0n) is 40.2. The molecule has 360 valence electrons. The zero-order chi connectivity index (χ0) is 48.2. The van der Waals surface area contributed by atoms with Crippen molar-refractivity contribution in [3.63, 3.8) is 0 Å². The molecule has 4 atom stereocenters. The summed E-state index contributed by atoms with van der Waals surface area (Å²) in [6, 6.07) is 26.8. The van der Waals surface area contributed by atoms with Crippen LogP contribution in [0.4, 0.5) is 8.78 Å². The summed E-state index contributed by atoms with van der Waals surface area (Å²) in [6.45, 7) is 14.2. The molecule has 4 aromatic carbocycles. The van der Waals surface area contributed by atoms with Gasteiger partial charge >= 0.3 is 0 Å². The van der Waals surface area contributed by atoms with E-state index >= 15 is 0 Å². The Morgan fingerprint density at radius 3 is 1.37 bits per heavy atom. The van der Waals surface area contributed by atoms with Gasteiger partial charge in [-0.25, -0.2) is 28.7 Å². The van der Waals surface area contributed by atoms with Crippen LogP contribution in [-0.4, -0.2) is 105 Å². The van der Waals surface area contributed by atoms with E-state index in [2.05, 4.69) is 68.1 Å². The second kappa shape index (κ2) is 23.8. The third-order valence-corrected chi connectivity index (χ3v) is 12.8. The van der Waals surface area contributed by atoms with Gasteiger partial charge in [-0.05, 0) is 136 Å². The molecule has 6 aromatic rings. The fourth-order valence-electron chi connectivity index (χ4n) is 8.86. The molecular weight excluding hydrogens is 863 g/mol. The van der Waals surface area contributed by atoms with Crippen LogP contribution >= 0.6 is 0 Å². The molecular formula is C54H66F2N8O4. The summed E-state index contributed by atoms with van der Waals surface area (Å²) < 4.78 is 39.7. The molecule has 2 saturated heterocycles. The standard InChI is InChI=1S/2C27H33FN4O2/c2*1-18-16-32(19(2)15-30-18)17-21-7-9-23(28)22(13-21)24-11-12-29-27(31-24)6-4-5-20-8-10-26(34-3)25(33)14-20/h2*7-14,18-19,30,33H,4-6,15-17H2,1-3H3/t18-,19+;18-,19-/m11/s1. The molecule has 12 nitrogen and oxygen atoms in total. The lowest BCUT2D eigenvalue weighted by atomic mass is 10.0. The lowest BCUT2D eigenvalue weighted by Crippen LogP contribution is -2.53.